The highest BCUT2D eigenvalue weighted by atomic mass is 127. The quantitative estimate of drug-likeness (QED) is 0.507. The summed E-state index contributed by atoms with van der Waals surface area (Å²) in [5, 5.41) is 5.34. The summed E-state index contributed by atoms with van der Waals surface area (Å²) in [6.07, 6.45) is 0.333. The number of halogens is 1. The van der Waals surface area contributed by atoms with Crippen molar-refractivity contribution < 1.29 is 19.1 Å². The molecule has 0 spiro atoms. The van der Waals surface area contributed by atoms with E-state index >= 15 is 0 Å². The van der Waals surface area contributed by atoms with Gasteiger partial charge in [0.2, 0.25) is 5.91 Å². The van der Waals surface area contributed by atoms with Crippen LogP contribution in [0.2, 0.25) is 0 Å². The van der Waals surface area contributed by atoms with E-state index in [1.165, 1.54) is 14.0 Å². The van der Waals surface area contributed by atoms with Crippen LogP contribution in [0, 0.1) is 3.57 Å². The largest absolute Gasteiger partial charge is 0.467 e. The lowest BCUT2D eigenvalue weighted by molar-refractivity contribution is -0.142. The third kappa shape index (κ3) is 5.83. The van der Waals surface area contributed by atoms with Crippen LogP contribution >= 0.6 is 22.6 Å². The summed E-state index contributed by atoms with van der Waals surface area (Å²) in [5.74, 6) is -1.09. The van der Waals surface area contributed by atoms with Crippen molar-refractivity contribution in [3.63, 3.8) is 0 Å². The number of hydrogen-bond acceptors (Lipinski definition) is 4. The third-order valence-corrected chi connectivity index (χ3v) is 4.33. The van der Waals surface area contributed by atoms with Crippen molar-refractivity contribution in [2.75, 3.05) is 12.4 Å². The molecule has 2 amide bonds. The molecular weight excluding hydrogens is 447 g/mol. The zero-order valence-corrected chi connectivity index (χ0v) is 16.6. The molecule has 0 bridgehead atoms. The zero-order chi connectivity index (χ0) is 19.1. The van der Waals surface area contributed by atoms with Crippen molar-refractivity contribution in [2.45, 2.75) is 19.4 Å². The van der Waals surface area contributed by atoms with Gasteiger partial charge in [-0.05, 0) is 64.6 Å². The molecule has 0 saturated heterocycles. The molecule has 0 aliphatic rings. The number of carbonyl (C=O) groups excluding carboxylic acids is 3. The van der Waals surface area contributed by atoms with E-state index < -0.39 is 12.0 Å². The fraction of sp³-hybridized carbons (Fsp3) is 0.211. The van der Waals surface area contributed by atoms with E-state index in [9.17, 15) is 14.4 Å². The third-order valence-electron chi connectivity index (χ3n) is 3.61. The van der Waals surface area contributed by atoms with Crippen molar-refractivity contribution in [1.29, 1.82) is 0 Å². The summed E-state index contributed by atoms with van der Waals surface area (Å²) in [5.41, 5.74) is 1.90. The molecule has 0 radical (unpaired) electrons. The SMILES string of the molecule is COC(=O)[C@@H](Cc1ccc(I)cc1)NC(=O)c1ccc(NC(C)=O)cc1. The molecule has 136 valence electrons. The molecule has 2 aromatic carbocycles. The molecular formula is C19H19IN2O4. The average Bonchev–Trinajstić information content (AvgIpc) is 2.62. The molecule has 2 rings (SSSR count). The first kappa shape index (κ1) is 19.9. The minimum atomic E-state index is -0.789. The summed E-state index contributed by atoms with van der Waals surface area (Å²) < 4.78 is 5.89. The van der Waals surface area contributed by atoms with Crippen LogP contribution in [0.1, 0.15) is 22.8 Å². The van der Waals surface area contributed by atoms with Crippen LogP contribution in [-0.2, 0) is 20.7 Å². The average molecular weight is 466 g/mol. The summed E-state index contributed by atoms with van der Waals surface area (Å²) in [7, 11) is 1.29. The Bertz CT molecular complexity index is 788. The number of ether oxygens (including phenoxy) is 1. The van der Waals surface area contributed by atoms with Crippen molar-refractivity contribution in [2.24, 2.45) is 0 Å². The molecule has 0 aliphatic carbocycles. The molecule has 0 saturated carbocycles. The Morgan fingerprint density at radius 3 is 2.19 bits per heavy atom. The highest BCUT2D eigenvalue weighted by molar-refractivity contribution is 14.1. The van der Waals surface area contributed by atoms with Crippen molar-refractivity contribution in [1.82, 2.24) is 5.32 Å². The smallest absolute Gasteiger partial charge is 0.328 e. The lowest BCUT2D eigenvalue weighted by atomic mass is 10.1. The van der Waals surface area contributed by atoms with Gasteiger partial charge in [-0.3, -0.25) is 9.59 Å². The van der Waals surface area contributed by atoms with Crippen LogP contribution in [0.5, 0.6) is 0 Å². The number of esters is 1. The van der Waals surface area contributed by atoms with E-state index in [2.05, 4.69) is 33.2 Å². The van der Waals surface area contributed by atoms with E-state index in [1.54, 1.807) is 24.3 Å². The van der Waals surface area contributed by atoms with Crippen LogP contribution in [0.4, 0.5) is 5.69 Å². The van der Waals surface area contributed by atoms with E-state index in [-0.39, 0.29) is 11.8 Å². The number of methoxy groups -OCH3 is 1. The fourth-order valence-corrected chi connectivity index (χ4v) is 2.70. The summed E-state index contributed by atoms with van der Waals surface area (Å²) >= 11 is 2.20. The predicted octanol–water partition coefficient (Wildman–Crippen LogP) is 2.76. The minimum absolute atomic E-state index is 0.189. The van der Waals surface area contributed by atoms with Crippen LogP contribution in [-0.4, -0.2) is 30.9 Å². The number of carbonyl (C=O) groups is 3. The van der Waals surface area contributed by atoms with Crippen LogP contribution in [0.25, 0.3) is 0 Å². The monoisotopic (exact) mass is 466 g/mol. The predicted molar refractivity (Wildman–Crippen MR) is 107 cm³/mol. The second-order valence-corrected chi connectivity index (χ2v) is 6.88. The first-order valence-electron chi connectivity index (χ1n) is 7.90. The molecule has 0 aromatic heterocycles. The second-order valence-electron chi connectivity index (χ2n) is 5.64. The van der Waals surface area contributed by atoms with Crippen LogP contribution in [0.15, 0.2) is 48.5 Å². The standard InChI is InChI=1S/C19H19IN2O4/c1-12(23)21-16-9-5-14(6-10-16)18(24)22-17(19(25)26-2)11-13-3-7-15(20)8-4-13/h3-10,17H,11H2,1-2H3,(H,21,23)(H,22,24)/t17-/m1/s1. The van der Waals surface area contributed by atoms with Crippen LogP contribution in [0.3, 0.4) is 0 Å². The van der Waals surface area contributed by atoms with Crippen molar-refractivity contribution >= 4 is 46.1 Å². The van der Waals surface area contributed by atoms with E-state index in [0.717, 1.165) is 9.13 Å². The maximum absolute atomic E-state index is 12.4. The molecule has 0 fully saturated rings. The zero-order valence-electron chi connectivity index (χ0n) is 14.4. The Hall–Kier alpha value is -2.42. The normalized spacial score (nSPS) is 11.3. The number of benzene rings is 2. The highest BCUT2D eigenvalue weighted by Gasteiger charge is 2.22. The molecule has 2 N–H and O–H groups in total. The van der Waals surface area contributed by atoms with Gasteiger partial charge in [-0.15, -0.1) is 0 Å². The van der Waals surface area contributed by atoms with Gasteiger partial charge in [-0.1, -0.05) is 12.1 Å². The van der Waals surface area contributed by atoms with Gasteiger partial charge >= 0.3 is 5.97 Å². The molecule has 1 atom stereocenters. The number of rotatable bonds is 6. The Balaban J connectivity index is 2.09. The van der Waals surface area contributed by atoms with Gasteiger partial charge in [0, 0.05) is 28.2 Å². The summed E-state index contributed by atoms with van der Waals surface area (Å²) in [4.78, 5) is 35.5. The van der Waals surface area contributed by atoms with E-state index in [4.69, 9.17) is 4.74 Å². The molecule has 6 nitrogen and oxygen atoms in total. The maximum atomic E-state index is 12.4. The summed E-state index contributed by atoms with van der Waals surface area (Å²) in [6.45, 7) is 1.41. The van der Waals surface area contributed by atoms with Gasteiger partial charge in [-0.25, -0.2) is 4.79 Å². The van der Waals surface area contributed by atoms with E-state index in [1.807, 2.05) is 24.3 Å². The number of anilines is 1. The van der Waals surface area contributed by atoms with Gasteiger partial charge in [0.05, 0.1) is 7.11 Å². The number of nitrogens with one attached hydrogen (secondary N) is 2. The first-order valence-corrected chi connectivity index (χ1v) is 8.97. The molecule has 26 heavy (non-hydrogen) atoms. The Morgan fingerprint density at radius 2 is 1.65 bits per heavy atom. The molecule has 2 aromatic rings. The minimum Gasteiger partial charge on any atom is -0.467 e. The topological polar surface area (TPSA) is 84.5 Å². The lowest BCUT2D eigenvalue weighted by Gasteiger charge is -2.17. The van der Waals surface area contributed by atoms with Gasteiger partial charge in [0.1, 0.15) is 6.04 Å². The first-order chi connectivity index (χ1) is 12.4. The Kier molecular flexibility index (Phi) is 7.14. The molecule has 0 heterocycles. The van der Waals surface area contributed by atoms with Crippen molar-refractivity contribution in [3.05, 3.63) is 63.2 Å². The summed E-state index contributed by atoms with van der Waals surface area (Å²) in [6, 6.07) is 13.3. The van der Waals surface area contributed by atoms with E-state index in [0.29, 0.717) is 17.7 Å². The van der Waals surface area contributed by atoms with Crippen molar-refractivity contribution in [3.8, 4) is 0 Å². The van der Waals surface area contributed by atoms with Gasteiger partial charge in [0.15, 0.2) is 0 Å². The Morgan fingerprint density at radius 1 is 1.04 bits per heavy atom. The van der Waals surface area contributed by atoms with Gasteiger partial charge in [0.25, 0.3) is 5.91 Å². The fourth-order valence-electron chi connectivity index (χ4n) is 2.34. The van der Waals surface area contributed by atoms with Gasteiger partial charge < -0.3 is 15.4 Å². The number of amides is 2. The van der Waals surface area contributed by atoms with Gasteiger partial charge in [-0.2, -0.15) is 0 Å². The number of hydrogen-bond donors (Lipinski definition) is 2. The lowest BCUT2D eigenvalue weighted by Crippen LogP contribution is -2.43. The molecule has 0 aliphatic heterocycles. The maximum Gasteiger partial charge on any atom is 0.328 e. The molecule has 0 unspecified atom stereocenters. The molecule has 7 heteroatoms. The Labute approximate surface area is 165 Å². The highest BCUT2D eigenvalue weighted by Crippen LogP contribution is 2.12. The second kappa shape index (κ2) is 9.33. The van der Waals surface area contributed by atoms with Crippen LogP contribution < -0.4 is 10.6 Å².